The number of nitrogens with zero attached hydrogens (tertiary/aromatic N) is 1. The van der Waals surface area contributed by atoms with Gasteiger partial charge in [0.05, 0.1) is 13.2 Å². The number of aryl methyl sites for hydroxylation is 1. The zero-order valence-electron chi connectivity index (χ0n) is 19.3. The van der Waals surface area contributed by atoms with Gasteiger partial charge in [-0.25, -0.2) is 0 Å². The lowest BCUT2D eigenvalue weighted by Gasteiger charge is -2.26. The molecule has 1 saturated carbocycles. The maximum atomic E-state index is 12.4. The van der Waals surface area contributed by atoms with Crippen molar-refractivity contribution in [3.63, 3.8) is 0 Å². The molecule has 172 valence electrons. The number of fused-ring (bicyclic) bond motifs is 1. The Labute approximate surface area is 191 Å². The first kappa shape index (κ1) is 22.8. The van der Waals surface area contributed by atoms with E-state index in [1.165, 1.54) is 16.7 Å². The third kappa shape index (κ3) is 5.00. The molecule has 0 spiro atoms. The van der Waals surface area contributed by atoms with E-state index >= 15 is 0 Å². The fourth-order valence-corrected chi connectivity index (χ4v) is 5.13. The number of benzene rings is 2. The lowest BCUT2D eigenvalue weighted by atomic mass is 9.82. The summed E-state index contributed by atoms with van der Waals surface area (Å²) in [5.41, 5.74) is 10.8. The third-order valence-corrected chi connectivity index (χ3v) is 7.38. The summed E-state index contributed by atoms with van der Waals surface area (Å²) in [7, 11) is 1.81. The van der Waals surface area contributed by atoms with E-state index in [0.29, 0.717) is 30.6 Å². The average Bonchev–Trinajstić information content (AvgIpc) is 3.24. The number of hydrogen-bond donors (Lipinski definition) is 2. The van der Waals surface area contributed by atoms with Gasteiger partial charge < -0.3 is 20.5 Å². The molecular formula is C27H36N2O3. The van der Waals surface area contributed by atoms with Gasteiger partial charge in [0.2, 0.25) is 0 Å². The molecule has 0 radical (unpaired) electrons. The SMILES string of the molecule is CCN(C)C(=O)c1cccc(OC[C@@H]2CCc3cc([C@H]4CC[C@](N)(CO)C4)ccc3C2)c1. The first-order valence-electron chi connectivity index (χ1n) is 11.9. The second-order valence-electron chi connectivity index (χ2n) is 9.76. The van der Waals surface area contributed by atoms with Crippen LogP contribution in [0.15, 0.2) is 42.5 Å². The van der Waals surface area contributed by atoms with Gasteiger partial charge in [0, 0.05) is 24.7 Å². The van der Waals surface area contributed by atoms with Crippen LogP contribution < -0.4 is 10.5 Å². The van der Waals surface area contributed by atoms with Crippen molar-refractivity contribution in [1.82, 2.24) is 4.90 Å². The second kappa shape index (κ2) is 9.63. The fourth-order valence-electron chi connectivity index (χ4n) is 5.13. The van der Waals surface area contributed by atoms with E-state index in [-0.39, 0.29) is 12.5 Å². The van der Waals surface area contributed by atoms with E-state index in [9.17, 15) is 9.90 Å². The van der Waals surface area contributed by atoms with Crippen molar-refractivity contribution in [1.29, 1.82) is 0 Å². The van der Waals surface area contributed by atoms with Crippen LogP contribution in [0, 0.1) is 5.92 Å². The molecule has 0 unspecified atom stereocenters. The van der Waals surface area contributed by atoms with Crippen molar-refractivity contribution in [2.75, 3.05) is 26.8 Å². The summed E-state index contributed by atoms with van der Waals surface area (Å²) in [4.78, 5) is 14.1. The van der Waals surface area contributed by atoms with Gasteiger partial charge in [0.25, 0.3) is 5.91 Å². The molecule has 3 N–H and O–H groups in total. The van der Waals surface area contributed by atoms with E-state index in [0.717, 1.165) is 44.3 Å². The summed E-state index contributed by atoms with van der Waals surface area (Å²) in [6.07, 6.45) is 6.02. The molecule has 4 rings (SSSR count). The first-order valence-corrected chi connectivity index (χ1v) is 11.9. The van der Waals surface area contributed by atoms with E-state index in [4.69, 9.17) is 10.5 Å². The predicted molar refractivity (Wildman–Crippen MR) is 127 cm³/mol. The highest BCUT2D eigenvalue weighted by molar-refractivity contribution is 5.94. The van der Waals surface area contributed by atoms with Crippen LogP contribution >= 0.6 is 0 Å². The molecule has 0 aliphatic heterocycles. The van der Waals surface area contributed by atoms with Crippen molar-refractivity contribution in [3.05, 3.63) is 64.7 Å². The van der Waals surface area contributed by atoms with Crippen molar-refractivity contribution < 1.29 is 14.6 Å². The number of carbonyl (C=O) groups is 1. The Morgan fingerprint density at radius 3 is 2.81 bits per heavy atom. The molecule has 2 aliphatic carbocycles. The number of aliphatic hydroxyl groups is 1. The Balaban J connectivity index is 1.35. The topological polar surface area (TPSA) is 75.8 Å². The number of amides is 1. The normalized spacial score (nSPS) is 24.8. The van der Waals surface area contributed by atoms with Crippen LogP contribution in [0.2, 0.25) is 0 Å². The molecule has 2 aromatic rings. The largest absolute Gasteiger partial charge is 0.493 e. The maximum absolute atomic E-state index is 12.4. The smallest absolute Gasteiger partial charge is 0.253 e. The van der Waals surface area contributed by atoms with Gasteiger partial charge in [0.15, 0.2) is 0 Å². The summed E-state index contributed by atoms with van der Waals surface area (Å²) in [6.45, 7) is 3.39. The summed E-state index contributed by atoms with van der Waals surface area (Å²) < 4.78 is 6.10. The third-order valence-electron chi connectivity index (χ3n) is 7.38. The molecule has 1 amide bonds. The molecule has 0 aromatic heterocycles. The van der Waals surface area contributed by atoms with Crippen LogP contribution in [0.1, 0.15) is 65.6 Å². The van der Waals surface area contributed by atoms with Crippen molar-refractivity contribution >= 4 is 5.91 Å². The number of nitrogens with two attached hydrogens (primary N) is 1. The summed E-state index contributed by atoms with van der Waals surface area (Å²) >= 11 is 0. The summed E-state index contributed by atoms with van der Waals surface area (Å²) in [5.74, 6) is 1.72. The Morgan fingerprint density at radius 2 is 2.06 bits per heavy atom. The van der Waals surface area contributed by atoms with Gasteiger partial charge in [-0.1, -0.05) is 24.3 Å². The predicted octanol–water partition coefficient (Wildman–Crippen LogP) is 3.92. The minimum atomic E-state index is -0.406. The Bertz CT molecular complexity index is 960. The van der Waals surface area contributed by atoms with Crippen LogP contribution in [0.5, 0.6) is 5.75 Å². The zero-order chi connectivity index (χ0) is 22.7. The van der Waals surface area contributed by atoms with Crippen LogP contribution in [0.3, 0.4) is 0 Å². The highest BCUT2D eigenvalue weighted by Gasteiger charge is 2.36. The highest BCUT2D eigenvalue weighted by Crippen LogP contribution is 2.40. The molecule has 3 atom stereocenters. The molecule has 5 heteroatoms. The summed E-state index contributed by atoms with van der Waals surface area (Å²) in [5, 5.41) is 9.57. The quantitative estimate of drug-likeness (QED) is 0.690. The molecule has 32 heavy (non-hydrogen) atoms. The monoisotopic (exact) mass is 436 g/mol. The number of carbonyl (C=O) groups excluding carboxylic acids is 1. The zero-order valence-corrected chi connectivity index (χ0v) is 19.3. The van der Waals surface area contributed by atoms with E-state index in [1.807, 2.05) is 38.2 Å². The van der Waals surface area contributed by atoms with Gasteiger partial charge in [0.1, 0.15) is 5.75 Å². The number of ether oxygens (including phenoxy) is 1. The fraction of sp³-hybridized carbons (Fsp3) is 0.519. The molecule has 0 bridgehead atoms. The van der Waals surface area contributed by atoms with Crippen molar-refractivity contribution in [2.45, 2.75) is 56.9 Å². The van der Waals surface area contributed by atoms with Gasteiger partial charge in [-0.15, -0.1) is 0 Å². The molecular weight excluding hydrogens is 400 g/mol. The lowest BCUT2D eigenvalue weighted by molar-refractivity contribution is 0.0802. The molecule has 1 fully saturated rings. The molecule has 2 aliphatic rings. The van der Waals surface area contributed by atoms with Gasteiger partial charge in [-0.05, 0) is 92.2 Å². The minimum absolute atomic E-state index is 0.0217. The highest BCUT2D eigenvalue weighted by atomic mass is 16.5. The van der Waals surface area contributed by atoms with Gasteiger partial charge in [-0.2, -0.15) is 0 Å². The standard InChI is InChI=1S/C27H36N2O3/c1-3-29(2)26(31)23-5-4-6-25(15-23)32-17-19-7-8-21-14-22(10-9-20(21)13-19)24-11-12-27(28,16-24)18-30/h4-6,9-10,14-15,19,24,30H,3,7-8,11-13,16-18,28H2,1-2H3/t19-,24+,27-/m1/s1. The van der Waals surface area contributed by atoms with Crippen molar-refractivity contribution in [3.8, 4) is 5.75 Å². The van der Waals surface area contributed by atoms with Crippen molar-refractivity contribution in [2.24, 2.45) is 11.7 Å². The van der Waals surface area contributed by atoms with Gasteiger partial charge in [-0.3, -0.25) is 4.79 Å². The Hall–Kier alpha value is -2.37. The van der Waals surface area contributed by atoms with Crippen LogP contribution in [0.25, 0.3) is 0 Å². The molecule has 0 heterocycles. The van der Waals surface area contributed by atoms with E-state index in [2.05, 4.69) is 18.2 Å². The number of aliphatic hydroxyl groups excluding tert-OH is 1. The summed E-state index contributed by atoms with van der Waals surface area (Å²) in [6, 6.07) is 14.4. The number of rotatable bonds is 7. The Morgan fingerprint density at radius 1 is 1.22 bits per heavy atom. The van der Waals surface area contributed by atoms with E-state index in [1.54, 1.807) is 4.90 Å². The Kier molecular flexibility index (Phi) is 6.87. The van der Waals surface area contributed by atoms with Crippen LogP contribution in [-0.4, -0.2) is 48.3 Å². The first-order chi connectivity index (χ1) is 15.4. The van der Waals surface area contributed by atoms with Crippen LogP contribution in [0.4, 0.5) is 0 Å². The van der Waals surface area contributed by atoms with Crippen LogP contribution in [-0.2, 0) is 12.8 Å². The lowest BCUT2D eigenvalue weighted by Crippen LogP contribution is -2.40. The molecule has 5 nitrogen and oxygen atoms in total. The maximum Gasteiger partial charge on any atom is 0.253 e. The average molecular weight is 437 g/mol. The number of hydrogen-bond acceptors (Lipinski definition) is 4. The molecule has 0 saturated heterocycles. The minimum Gasteiger partial charge on any atom is -0.493 e. The van der Waals surface area contributed by atoms with Gasteiger partial charge >= 0.3 is 0 Å². The second-order valence-corrected chi connectivity index (χ2v) is 9.76. The van der Waals surface area contributed by atoms with E-state index < -0.39 is 5.54 Å². The molecule has 2 aromatic carbocycles.